The van der Waals surface area contributed by atoms with Gasteiger partial charge in [0.15, 0.2) is 16.6 Å². The van der Waals surface area contributed by atoms with Crippen LogP contribution in [0.2, 0.25) is 0 Å². The number of hydrogen-bond donors (Lipinski definition) is 0. The number of anilines is 1. The summed E-state index contributed by atoms with van der Waals surface area (Å²) >= 11 is 1.36. The van der Waals surface area contributed by atoms with Crippen molar-refractivity contribution in [1.82, 2.24) is 9.97 Å². The average molecular weight is 449 g/mol. The maximum absolute atomic E-state index is 13.6. The van der Waals surface area contributed by atoms with Crippen LogP contribution in [0.1, 0.15) is 16.1 Å². The third-order valence-electron chi connectivity index (χ3n) is 5.04. The molecule has 0 fully saturated rings. The zero-order valence-corrected chi connectivity index (χ0v) is 18.2. The van der Waals surface area contributed by atoms with Gasteiger partial charge in [0.1, 0.15) is 21.7 Å². The van der Waals surface area contributed by atoms with Crippen molar-refractivity contribution in [2.75, 3.05) is 25.9 Å². The summed E-state index contributed by atoms with van der Waals surface area (Å²) in [5, 5.41) is 0.510. The molecule has 1 aliphatic rings. The van der Waals surface area contributed by atoms with Crippen molar-refractivity contribution in [3.63, 3.8) is 0 Å². The van der Waals surface area contributed by atoms with Gasteiger partial charge in [0.25, 0.3) is 5.91 Å². The predicted molar refractivity (Wildman–Crippen MR) is 120 cm³/mol. The fourth-order valence-corrected chi connectivity index (χ4v) is 4.53. The monoisotopic (exact) mass is 449 g/mol. The minimum absolute atomic E-state index is 0.141. The Morgan fingerprint density at radius 3 is 2.66 bits per heavy atom. The molecule has 0 N–H and O–H groups in total. The molecule has 1 amide bonds. The third-order valence-corrected chi connectivity index (χ3v) is 6.13. The maximum atomic E-state index is 13.6. The highest BCUT2D eigenvalue weighted by atomic mass is 32.1. The minimum atomic E-state index is -0.231. The molecule has 9 heteroatoms. The largest absolute Gasteiger partial charge is 0.495 e. The number of thiazole rings is 1. The SMILES string of the molecule is COc1ccc(OC)c2sc(N(Cc3ccccn3)C(=O)c3ccc4c(c3)OCO4)nc12. The van der Waals surface area contributed by atoms with E-state index in [9.17, 15) is 4.79 Å². The molecule has 3 heterocycles. The van der Waals surface area contributed by atoms with Crippen LogP contribution in [-0.4, -0.2) is 36.9 Å². The molecule has 2 aromatic carbocycles. The summed E-state index contributed by atoms with van der Waals surface area (Å²) in [5.74, 6) is 2.20. The number of pyridine rings is 1. The van der Waals surface area contributed by atoms with Crippen molar-refractivity contribution in [1.29, 1.82) is 0 Å². The lowest BCUT2D eigenvalue weighted by molar-refractivity contribution is 0.0984. The molecular weight excluding hydrogens is 430 g/mol. The van der Waals surface area contributed by atoms with Crippen LogP contribution in [-0.2, 0) is 6.54 Å². The van der Waals surface area contributed by atoms with Gasteiger partial charge in [-0.15, -0.1) is 0 Å². The Labute approximate surface area is 188 Å². The smallest absolute Gasteiger partial charge is 0.260 e. The highest BCUT2D eigenvalue weighted by molar-refractivity contribution is 7.22. The van der Waals surface area contributed by atoms with E-state index in [1.165, 1.54) is 11.3 Å². The van der Waals surface area contributed by atoms with E-state index in [1.807, 2.05) is 24.3 Å². The number of rotatable bonds is 6. The predicted octanol–water partition coefficient (Wildman–Crippen LogP) is 4.28. The molecule has 4 aromatic rings. The fourth-order valence-electron chi connectivity index (χ4n) is 3.46. The van der Waals surface area contributed by atoms with Crippen LogP contribution in [0, 0.1) is 0 Å². The number of methoxy groups -OCH3 is 2. The van der Waals surface area contributed by atoms with Crippen LogP contribution >= 0.6 is 11.3 Å². The molecule has 0 bridgehead atoms. The van der Waals surface area contributed by atoms with Crippen LogP contribution in [0.15, 0.2) is 54.7 Å². The Kier molecular flexibility index (Phi) is 5.24. The van der Waals surface area contributed by atoms with Gasteiger partial charge in [-0.05, 0) is 42.5 Å². The van der Waals surface area contributed by atoms with Crippen molar-refractivity contribution in [3.8, 4) is 23.0 Å². The second kappa shape index (κ2) is 8.35. The van der Waals surface area contributed by atoms with Crippen molar-refractivity contribution in [2.24, 2.45) is 0 Å². The van der Waals surface area contributed by atoms with E-state index in [1.54, 1.807) is 49.6 Å². The van der Waals surface area contributed by atoms with Gasteiger partial charge in [0.05, 0.1) is 26.5 Å². The maximum Gasteiger partial charge on any atom is 0.260 e. The molecule has 0 aliphatic carbocycles. The molecule has 2 aromatic heterocycles. The van der Waals surface area contributed by atoms with Gasteiger partial charge in [0.2, 0.25) is 6.79 Å². The van der Waals surface area contributed by atoms with Gasteiger partial charge in [-0.2, -0.15) is 0 Å². The van der Waals surface area contributed by atoms with Gasteiger partial charge in [0, 0.05) is 11.8 Å². The summed E-state index contributed by atoms with van der Waals surface area (Å²) in [7, 11) is 3.19. The molecular formula is C23H19N3O5S. The summed E-state index contributed by atoms with van der Waals surface area (Å²) in [4.78, 5) is 24.4. The van der Waals surface area contributed by atoms with E-state index in [-0.39, 0.29) is 19.2 Å². The second-order valence-electron chi connectivity index (χ2n) is 6.92. The molecule has 162 valence electrons. The van der Waals surface area contributed by atoms with Crippen LogP contribution in [0.5, 0.6) is 23.0 Å². The summed E-state index contributed by atoms with van der Waals surface area (Å²) in [6, 6.07) is 14.4. The number of carbonyl (C=O) groups excluding carboxylic acids is 1. The topological polar surface area (TPSA) is 83.0 Å². The highest BCUT2D eigenvalue weighted by Crippen LogP contribution is 2.41. The van der Waals surface area contributed by atoms with Gasteiger partial charge >= 0.3 is 0 Å². The van der Waals surface area contributed by atoms with E-state index in [0.29, 0.717) is 39.2 Å². The van der Waals surface area contributed by atoms with Crippen molar-refractivity contribution < 1.29 is 23.7 Å². The standard InChI is InChI=1S/C23H19N3O5S/c1-28-17-8-9-18(29-2)21-20(17)25-23(32-21)26(12-15-5-3-4-10-24-15)22(27)14-6-7-16-19(11-14)31-13-30-16/h3-11H,12-13H2,1-2H3. The van der Waals surface area contributed by atoms with E-state index >= 15 is 0 Å². The number of aromatic nitrogens is 2. The summed E-state index contributed by atoms with van der Waals surface area (Å²) < 4.78 is 22.6. The van der Waals surface area contributed by atoms with Crippen LogP contribution in [0.3, 0.4) is 0 Å². The molecule has 5 rings (SSSR count). The Balaban J connectivity index is 1.61. The van der Waals surface area contributed by atoms with Crippen LogP contribution in [0.25, 0.3) is 10.2 Å². The Morgan fingerprint density at radius 1 is 1.06 bits per heavy atom. The van der Waals surface area contributed by atoms with E-state index in [0.717, 1.165) is 10.4 Å². The molecule has 0 radical (unpaired) electrons. The van der Waals surface area contributed by atoms with Crippen LogP contribution < -0.4 is 23.8 Å². The Bertz CT molecular complexity index is 1250. The molecule has 0 saturated carbocycles. The normalized spacial score (nSPS) is 12.1. The molecule has 0 unspecified atom stereocenters. The van der Waals surface area contributed by atoms with Gasteiger partial charge in [-0.3, -0.25) is 14.7 Å². The number of benzene rings is 2. The second-order valence-corrected chi connectivity index (χ2v) is 7.90. The zero-order chi connectivity index (χ0) is 22.1. The first-order valence-electron chi connectivity index (χ1n) is 9.81. The molecule has 0 atom stereocenters. The Morgan fingerprint density at radius 2 is 1.88 bits per heavy atom. The summed E-state index contributed by atoms with van der Waals surface area (Å²) in [5.41, 5.74) is 1.83. The van der Waals surface area contributed by atoms with E-state index in [4.69, 9.17) is 23.9 Å². The van der Waals surface area contributed by atoms with E-state index < -0.39 is 0 Å². The first kappa shape index (κ1) is 20.1. The van der Waals surface area contributed by atoms with Crippen LogP contribution in [0.4, 0.5) is 5.13 Å². The number of fused-ring (bicyclic) bond motifs is 2. The average Bonchev–Trinajstić information content (AvgIpc) is 3.49. The number of nitrogens with zero attached hydrogens (tertiary/aromatic N) is 3. The quantitative estimate of drug-likeness (QED) is 0.434. The van der Waals surface area contributed by atoms with Gasteiger partial charge < -0.3 is 18.9 Å². The van der Waals surface area contributed by atoms with Crippen molar-refractivity contribution in [3.05, 3.63) is 66.0 Å². The van der Waals surface area contributed by atoms with E-state index in [2.05, 4.69) is 4.98 Å². The number of hydrogen-bond acceptors (Lipinski definition) is 8. The fraction of sp³-hybridized carbons (Fsp3) is 0.174. The number of ether oxygens (including phenoxy) is 4. The van der Waals surface area contributed by atoms with Gasteiger partial charge in [-0.25, -0.2) is 4.98 Å². The molecule has 0 saturated heterocycles. The zero-order valence-electron chi connectivity index (χ0n) is 17.4. The summed E-state index contributed by atoms with van der Waals surface area (Å²) in [6.45, 7) is 0.390. The summed E-state index contributed by atoms with van der Waals surface area (Å²) in [6.07, 6.45) is 1.70. The lowest BCUT2D eigenvalue weighted by Gasteiger charge is -2.19. The lowest BCUT2D eigenvalue weighted by atomic mass is 10.1. The first-order chi connectivity index (χ1) is 15.7. The van der Waals surface area contributed by atoms with Crippen molar-refractivity contribution >= 4 is 32.6 Å². The minimum Gasteiger partial charge on any atom is -0.495 e. The molecule has 32 heavy (non-hydrogen) atoms. The first-order valence-corrected chi connectivity index (χ1v) is 10.6. The van der Waals surface area contributed by atoms with Gasteiger partial charge in [-0.1, -0.05) is 17.4 Å². The Hall–Kier alpha value is -3.85. The lowest BCUT2D eigenvalue weighted by Crippen LogP contribution is -2.30. The number of amides is 1. The molecule has 1 aliphatic heterocycles. The molecule has 8 nitrogen and oxygen atoms in total. The molecule has 0 spiro atoms. The number of carbonyl (C=O) groups is 1. The highest BCUT2D eigenvalue weighted by Gasteiger charge is 2.26. The van der Waals surface area contributed by atoms with Crippen molar-refractivity contribution in [2.45, 2.75) is 6.54 Å². The third kappa shape index (κ3) is 3.56.